The molecule has 0 bridgehead atoms. The molecule has 0 unspecified atom stereocenters. The minimum Gasteiger partial charge on any atom is -0.380 e. The molecule has 1 aromatic rings. The summed E-state index contributed by atoms with van der Waals surface area (Å²) in [5.41, 5.74) is 1.61. The number of fused-ring (bicyclic) bond motifs is 1. The standard InChI is InChI=1S/C18H26N2O4S/c1-18(2,3)17(21)20-8-6-13-10-16(5-4-14(13)11-20)25(22,23)19-15-7-9-24-12-15/h4-5,10,15,19H,6-9,11-12H2,1-3H3/t15-/m0/s1. The van der Waals surface area contributed by atoms with E-state index in [2.05, 4.69) is 4.72 Å². The Morgan fingerprint density at radius 3 is 2.68 bits per heavy atom. The van der Waals surface area contributed by atoms with E-state index in [1.54, 1.807) is 12.1 Å². The summed E-state index contributed by atoms with van der Waals surface area (Å²) in [6, 6.07) is 5.05. The van der Waals surface area contributed by atoms with Crippen molar-refractivity contribution in [2.45, 2.75) is 51.1 Å². The third-order valence-electron chi connectivity index (χ3n) is 4.68. The fraction of sp³-hybridized carbons (Fsp3) is 0.611. The van der Waals surface area contributed by atoms with Crippen LogP contribution in [-0.2, 0) is 32.5 Å². The van der Waals surface area contributed by atoms with Gasteiger partial charge in [0.25, 0.3) is 0 Å². The molecule has 0 spiro atoms. The summed E-state index contributed by atoms with van der Waals surface area (Å²) in [5, 5.41) is 0. The molecule has 1 N–H and O–H groups in total. The molecule has 25 heavy (non-hydrogen) atoms. The van der Waals surface area contributed by atoms with Crippen LogP contribution in [0.1, 0.15) is 38.3 Å². The molecule has 1 fully saturated rings. The van der Waals surface area contributed by atoms with Crippen LogP contribution in [0.15, 0.2) is 23.1 Å². The van der Waals surface area contributed by atoms with Gasteiger partial charge in [0.2, 0.25) is 15.9 Å². The second kappa shape index (κ2) is 6.70. The van der Waals surface area contributed by atoms with Crippen molar-refractivity contribution in [3.05, 3.63) is 29.3 Å². The molecule has 1 amide bonds. The second-order valence-corrected chi connectivity index (χ2v) is 9.55. The number of nitrogens with one attached hydrogen (secondary N) is 1. The summed E-state index contributed by atoms with van der Waals surface area (Å²) in [6.45, 7) is 7.92. The van der Waals surface area contributed by atoms with E-state index in [1.165, 1.54) is 0 Å². The highest BCUT2D eigenvalue weighted by molar-refractivity contribution is 7.89. The molecular weight excluding hydrogens is 340 g/mol. The van der Waals surface area contributed by atoms with Gasteiger partial charge in [-0.25, -0.2) is 13.1 Å². The minimum atomic E-state index is -3.54. The SMILES string of the molecule is CC(C)(C)C(=O)N1CCc2cc(S(=O)(=O)N[C@H]3CCOC3)ccc2C1. The first-order valence-electron chi connectivity index (χ1n) is 8.68. The Balaban J connectivity index is 1.76. The zero-order chi connectivity index (χ0) is 18.2. The molecule has 0 saturated carbocycles. The number of ether oxygens (including phenoxy) is 1. The van der Waals surface area contributed by atoms with Crippen molar-refractivity contribution in [3.63, 3.8) is 0 Å². The number of rotatable bonds is 3. The number of sulfonamides is 1. The monoisotopic (exact) mass is 366 g/mol. The van der Waals surface area contributed by atoms with Gasteiger partial charge in [-0.05, 0) is 36.1 Å². The van der Waals surface area contributed by atoms with Crippen molar-refractivity contribution >= 4 is 15.9 Å². The van der Waals surface area contributed by atoms with Crippen LogP contribution in [0.5, 0.6) is 0 Å². The van der Waals surface area contributed by atoms with Crippen LogP contribution in [-0.4, -0.2) is 45.0 Å². The van der Waals surface area contributed by atoms with Crippen LogP contribution >= 0.6 is 0 Å². The molecule has 138 valence electrons. The van der Waals surface area contributed by atoms with E-state index in [-0.39, 0.29) is 16.8 Å². The molecule has 2 aliphatic heterocycles. The normalized spacial score (nSPS) is 21.2. The number of benzene rings is 1. The van der Waals surface area contributed by atoms with E-state index in [9.17, 15) is 13.2 Å². The smallest absolute Gasteiger partial charge is 0.240 e. The maximum absolute atomic E-state index is 12.5. The first kappa shape index (κ1) is 18.4. The molecule has 3 rings (SSSR count). The zero-order valence-electron chi connectivity index (χ0n) is 15.0. The quantitative estimate of drug-likeness (QED) is 0.883. The maximum atomic E-state index is 12.5. The van der Waals surface area contributed by atoms with Gasteiger partial charge in [-0.1, -0.05) is 26.8 Å². The first-order chi connectivity index (χ1) is 11.7. The van der Waals surface area contributed by atoms with Crippen LogP contribution in [0.25, 0.3) is 0 Å². The molecule has 2 aliphatic rings. The molecule has 2 heterocycles. The average Bonchev–Trinajstić information content (AvgIpc) is 3.04. The van der Waals surface area contributed by atoms with Gasteiger partial charge in [0.1, 0.15) is 0 Å². The Bertz CT molecular complexity index is 762. The predicted octanol–water partition coefficient (Wildman–Crippen LogP) is 1.68. The van der Waals surface area contributed by atoms with Gasteiger partial charge in [-0.2, -0.15) is 0 Å². The van der Waals surface area contributed by atoms with E-state index < -0.39 is 15.4 Å². The van der Waals surface area contributed by atoms with E-state index in [1.807, 2.05) is 31.7 Å². The molecule has 7 heteroatoms. The van der Waals surface area contributed by atoms with Gasteiger partial charge in [-0.15, -0.1) is 0 Å². The Hall–Kier alpha value is -1.44. The largest absolute Gasteiger partial charge is 0.380 e. The minimum absolute atomic E-state index is 0.123. The van der Waals surface area contributed by atoms with E-state index in [4.69, 9.17) is 4.74 Å². The van der Waals surface area contributed by atoms with Gasteiger partial charge in [-0.3, -0.25) is 4.79 Å². The lowest BCUT2D eigenvalue weighted by Gasteiger charge is -2.33. The van der Waals surface area contributed by atoms with Crippen LogP contribution < -0.4 is 4.72 Å². The number of hydrogen-bond acceptors (Lipinski definition) is 4. The van der Waals surface area contributed by atoms with Gasteiger partial charge >= 0.3 is 0 Å². The highest BCUT2D eigenvalue weighted by atomic mass is 32.2. The van der Waals surface area contributed by atoms with E-state index in [0.717, 1.165) is 11.1 Å². The third kappa shape index (κ3) is 4.04. The topological polar surface area (TPSA) is 75.7 Å². The number of amides is 1. The van der Waals surface area contributed by atoms with Gasteiger partial charge in [0.15, 0.2) is 0 Å². The number of hydrogen-bond donors (Lipinski definition) is 1. The predicted molar refractivity (Wildman–Crippen MR) is 94.6 cm³/mol. The van der Waals surface area contributed by atoms with Crippen LogP contribution in [0, 0.1) is 5.41 Å². The second-order valence-electron chi connectivity index (χ2n) is 7.84. The lowest BCUT2D eigenvalue weighted by Crippen LogP contribution is -2.42. The van der Waals surface area contributed by atoms with Gasteiger partial charge in [0, 0.05) is 31.2 Å². The fourth-order valence-corrected chi connectivity index (χ4v) is 4.56. The summed E-state index contributed by atoms with van der Waals surface area (Å²) in [5.74, 6) is 0.123. The summed E-state index contributed by atoms with van der Waals surface area (Å²) in [4.78, 5) is 14.6. The van der Waals surface area contributed by atoms with E-state index in [0.29, 0.717) is 39.1 Å². The Labute approximate surface area is 149 Å². The number of carbonyl (C=O) groups is 1. The summed E-state index contributed by atoms with van der Waals surface area (Å²) in [6.07, 6.45) is 1.38. The third-order valence-corrected chi connectivity index (χ3v) is 6.20. The van der Waals surface area contributed by atoms with Crippen molar-refractivity contribution in [1.82, 2.24) is 9.62 Å². The molecule has 6 nitrogen and oxygen atoms in total. The van der Waals surface area contributed by atoms with Crippen LogP contribution in [0.3, 0.4) is 0 Å². The van der Waals surface area contributed by atoms with Gasteiger partial charge in [0.05, 0.1) is 11.5 Å². The highest BCUT2D eigenvalue weighted by Gasteiger charge is 2.30. The zero-order valence-corrected chi connectivity index (χ0v) is 15.9. The molecule has 0 aliphatic carbocycles. The Morgan fingerprint density at radius 2 is 2.04 bits per heavy atom. The molecule has 0 aromatic heterocycles. The fourth-order valence-electron chi connectivity index (χ4n) is 3.26. The Kier molecular flexibility index (Phi) is 4.92. The number of carbonyl (C=O) groups excluding carboxylic acids is 1. The molecule has 1 aromatic carbocycles. The highest BCUT2D eigenvalue weighted by Crippen LogP contribution is 2.26. The summed E-state index contributed by atoms with van der Waals surface area (Å²) >= 11 is 0. The first-order valence-corrected chi connectivity index (χ1v) is 10.2. The van der Waals surface area contributed by atoms with Crippen molar-refractivity contribution in [2.24, 2.45) is 5.41 Å². The lowest BCUT2D eigenvalue weighted by molar-refractivity contribution is -0.140. The van der Waals surface area contributed by atoms with Crippen LogP contribution in [0.2, 0.25) is 0 Å². The van der Waals surface area contributed by atoms with Crippen molar-refractivity contribution in [3.8, 4) is 0 Å². The van der Waals surface area contributed by atoms with Crippen molar-refractivity contribution < 1.29 is 17.9 Å². The van der Waals surface area contributed by atoms with Crippen molar-refractivity contribution in [1.29, 1.82) is 0 Å². The number of nitrogens with zero attached hydrogens (tertiary/aromatic N) is 1. The molecule has 0 radical (unpaired) electrons. The lowest BCUT2D eigenvalue weighted by atomic mass is 9.92. The van der Waals surface area contributed by atoms with E-state index >= 15 is 0 Å². The maximum Gasteiger partial charge on any atom is 0.240 e. The van der Waals surface area contributed by atoms with Gasteiger partial charge < -0.3 is 9.64 Å². The Morgan fingerprint density at radius 1 is 1.28 bits per heavy atom. The van der Waals surface area contributed by atoms with Crippen LogP contribution in [0.4, 0.5) is 0 Å². The molecule has 1 saturated heterocycles. The molecular formula is C18H26N2O4S. The summed E-state index contributed by atoms with van der Waals surface area (Å²) < 4.78 is 33.0. The molecule has 1 atom stereocenters. The van der Waals surface area contributed by atoms with Crippen molar-refractivity contribution in [2.75, 3.05) is 19.8 Å². The summed E-state index contributed by atoms with van der Waals surface area (Å²) in [7, 11) is -3.54. The average molecular weight is 366 g/mol.